The summed E-state index contributed by atoms with van der Waals surface area (Å²) in [5.41, 5.74) is 2.04. The Morgan fingerprint density at radius 3 is 2.17 bits per heavy atom. The molecule has 0 amide bonds. The van der Waals surface area contributed by atoms with E-state index in [0.29, 0.717) is 24.4 Å². The molecule has 1 N–H and O–H groups in total. The normalized spacial score (nSPS) is 12.8. The summed E-state index contributed by atoms with van der Waals surface area (Å²) >= 11 is 0. The molecule has 0 aromatic heterocycles. The Morgan fingerprint density at radius 1 is 1.04 bits per heavy atom. The molecule has 2 rings (SSSR count). The molecule has 0 saturated heterocycles. The first-order valence-electron chi connectivity index (χ1n) is 7.67. The standard InChI is InChI=1S/C18H23NO3S/c1-3-17(20)14-19(16-7-5-4-6-8-16)13-15-9-11-18(12-10-15)23(2,21)22/h4-12,17,20H,3,13-14H2,1-2H3/t17-/m0/s1. The van der Waals surface area contributed by atoms with Gasteiger partial charge in [0.15, 0.2) is 9.84 Å². The van der Waals surface area contributed by atoms with E-state index in [9.17, 15) is 13.5 Å². The first kappa shape index (κ1) is 17.5. The maximum atomic E-state index is 11.5. The molecule has 0 radical (unpaired) electrons. The molecule has 2 aromatic rings. The van der Waals surface area contributed by atoms with Crippen LogP contribution in [0.5, 0.6) is 0 Å². The van der Waals surface area contributed by atoms with Gasteiger partial charge in [-0.2, -0.15) is 0 Å². The molecule has 0 aliphatic carbocycles. The Kier molecular flexibility index (Phi) is 5.80. The van der Waals surface area contributed by atoms with Gasteiger partial charge in [0.05, 0.1) is 11.0 Å². The number of sulfone groups is 1. The molecule has 124 valence electrons. The molecular weight excluding hydrogens is 310 g/mol. The molecule has 0 spiro atoms. The van der Waals surface area contributed by atoms with Gasteiger partial charge >= 0.3 is 0 Å². The van der Waals surface area contributed by atoms with E-state index in [2.05, 4.69) is 4.90 Å². The first-order chi connectivity index (χ1) is 10.9. The van der Waals surface area contributed by atoms with Gasteiger partial charge in [0.25, 0.3) is 0 Å². The van der Waals surface area contributed by atoms with Gasteiger partial charge in [-0.05, 0) is 36.2 Å². The fraction of sp³-hybridized carbons (Fsp3) is 0.333. The fourth-order valence-corrected chi connectivity index (χ4v) is 2.98. The van der Waals surface area contributed by atoms with Gasteiger partial charge in [0.1, 0.15) is 0 Å². The Labute approximate surface area is 138 Å². The predicted molar refractivity (Wildman–Crippen MR) is 93.3 cm³/mol. The quantitative estimate of drug-likeness (QED) is 0.846. The van der Waals surface area contributed by atoms with Crippen LogP contribution >= 0.6 is 0 Å². The number of rotatable bonds is 7. The van der Waals surface area contributed by atoms with Crippen LogP contribution in [0.2, 0.25) is 0 Å². The van der Waals surface area contributed by atoms with Crippen molar-refractivity contribution in [1.29, 1.82) is 0 Å². The van der Waals surface area contributed by atoms with Crippen LogP contribution in [0.1, 0.15) is 18.9 Å². The van der Waals surface area contributed by atoms with Crippen LogP contribution in [0.25, 0.3) is 0 Å². The van der Waals surface area contributed by atoms with E-state index in [4.69, 9.17) is 0 Å². The number of para-hydroxylation sites is 1. The van der Waals surface area contributed by atoms with Crippen LogP contribution in [-0.2, 0) is 16.4 Å². The van der Waals surface area contributed by atoms with E-state index >= 15 is 0 Å². The molecule has 0 bridgehead atoms. The van der Waals surface area contributed by atoms with Crippen molar-refractivity contribution in [1.82, 2.24) is 0 Å². The van der Waals surface area contributed by atoms with E-state index in [-0.39, 0.29) is 0 Å². The van der Waals surface area contributed by atoms with E-state index in [1.165, 1.54) is 6.26 Å². The third-order valence-electron chi connectivity index (χ3n) is 3.75. The molecule has 1 atom stereocenters. The van der Waals surface area contributed by atoms with E-state index < -0.39 is 15.9 Å². The van der Waals surface area contributed by atoms with Crippen molar-refractivity contribution in [3.8, 4) is 0 Å². The number of aliphatic hydroxyl groups excluding tert-OH is 1. The first-order valence-corrected chi connectivity index (χ1v) is 9.56. The number of hydrogen-bond acceptors (Lipinski definition) is 4. The summed E-state index contributed by atoms with van der Waals surface area (Å²) in [7, 11) is -3.18. The molecule has 23 heavy (non-hydrogen) atoms. The molecule has 2 aromatic carbocycles. The second kappa shape index (κ2) is 7.62. The number of anilines is 1. The van der Waals surface area contributed by atoms with Gasteiger partial charge in [0.2, 0.25) is 0 Å². The average Bonchev–Trinajstić information content (AvgIpc) is 2.54. The average molecular weight is 333 g/mol. The third kappa shape index (κ3) is 5.08. The molecule has 5 heteroatoms. The van der Waals surface area contributed by atoms with Crippen molar-refractivity contribution in [2.24, 2.45) is 0 Å². The Bertz CT molecular complexity index is 712. The molecule has 0 aliphatic rings. The van der Waals surface area contributed by atoms with Gasteiger partial charge in [-0.1, -0.05) is 37.3 Å². The predicted octanol–water partition coefficient (Wildman–Crippen LogP) is 2.87. The van der Waals surface area contributed by atoms with Crippen molar-refractivity contribution in [3.63, 3.8) is 0 Å². The van der Waals surface area contributed by atoms with Crippen LogP contribution in [0.3, 0.4) is 0 Å². The van der Waals surface area contributed by atoms with Gasteiger partial charge in [-0.15, -0.1) is 0 Å². The maximum Gasteiger partial charge on any atom is 0.175 e. The van der Waals surface area contributed by atoms with Gasteiger partial charge in [-0.3, -0.25) is 0 Å². The summed E-state index contributed by atoms with van der Waals surface area (Å²) in [6, 6.07) is 16.8. The SMILES string of the molecule is CC[C@H](O)CN(Cc1ccc(S(C)(=O)=O)cc1)c1ccccc1. The summed E-state index contributed by atoms with van der Waals surface area (Å²) in [6.07, 6.45) is 1.50. The number of nitrogens with zero attached hydrogens (tertiary/aromatic N) is 1. The summed E-state index contributed by atoms with van der Waals surface area (Å²) in [6.45, 7) is 3.11. The van der Waals surface area contributed by atoms with Gasteiger partial charge in [0, 0.05) is 25.0 Å². The zero-order valence-electron chi connectivity index (χ0n) is 13.5. The second-order valence-electron chi connectivity index (χ2n) is 5.69. The van der Waals surface area contributed by atoms with Gasteiger partial charge in [-0.25, -0.2) is 8.42 Å². The number of aliphatic hydroxyl groups is 1. The number of hydrogen-bond donors (Lipinski definition) is 1. The smallest absolute Gasteiger partial charge is 0.175 e. The van der Waals surface area contributed by atoms with Crippen LogP contribution < -0.4 is 4.90 Å². The lowest BCUT2D eigenvalue weighted by Crippen LogP contribution is -2.31. The molecule has 0 heterocycles. The minimum atomic E-state index is -3.18. The lowest BCUT2D eigenvalue weighted by atomic mass is 10.1. The monoisotopic (exact) mass is 333 g/mol. The summed E-state index contributed by atoms with van der Waals surface area (Å²) in [5.74, 6) is 0. The van der Waals surface area contributed by atoms with Gasteiger partial charge < -0.3 is 10.0 Å². The minimum absolute atomic E-state index is 0.320. The van der Waals surface area contributed by atoms with Crippen LogP contribution in [-0.4, -0.2) is 32.4 Å². The zero-order valence-corrected chi connectivity index (χ0v) is 14.3. The summed E-state index contributed by atoms with van der Waals surface area (Å²) in [4.78, 5) is 2.42. The fourth-order valence-electron chi connectivity index (χ4n) is 2.35. The van der Waals surface area contributed by atoms with E-state index in [1.54, 1.807) is 12.1 Å². The minimum Gasteiger partial charge on any atom is -0.391 e. The highest BCUT2D eigenvalue weighted by Crippen LogP contribution is 2.19. The lowest BCUT2D eigenvalue weighted by molar-refractivity contribution is 0.175. The largest absolute Gasteiger partial charge is 0.391 e. The lowest BCUT2D eigenvalue weighted by Gasteiger charge is -2.27. The molecule has 0 aliphatic heterocycles. The van der Waals surface area contributed by atoms with Crippen molar-refractivity contribution in [2.45, 2.75) is 30.9 Å². The highest BCUT2D eigenvalue weighted by atomic mass is 32.2. The molecule has 0 unspecified atom stereocenters. The van der Waals surface area contributed by atoms with Crippen molar-refractivity contribution >= 4 is 15.5 Å². The van der Waals surface area contributed by atoms with Crippen LogP contribution in [0, 0.1) is 0 Å². The zero-order chi connectivity index (χ0) is 16.9. The molecule has 0 fully saturated rings. The van der Waals surface area contributed by atoms with Crippen molar-refractivity contribution < 1.29 is 13.5 Å². The Morgan fingerprint density at radius 2 is 1.65 bits per heavy atom. The van der Waals surface area contributed by atoms with E-state index in [1.807, 2.05) is 49.4 Å². The van der Waals surface area contributed by atoms with Crippen LogP contribution in [0.15, 0.2) is 59.5 Å². The summed E-state index contributed by atoms with van der Waals surface area (Å²) < 4.78 is 23.1. The molecular formula is C18H23NO3S. The number of benzene rings is 2. The van der Waals surface area contributed by atoms with Crippen molar-refractivity contribution in [2.75, 3.05) is 17.7 Å². The third-order valence-corrected chi connectivity index (χ3v) is 4.88. The Hall–Kier alpha value is -1.85. The summed E-state index contributed by atoms with van der Waals surface area (Å²) in [5, 5.41) is 10.00. The molecule has 4 nitrogen and oxygen atoms in total. The highest BCUT2D eigenvalue weighted by Gasteiger charge is 2.13. The van der Waals surface area contributed by atoms with E-state index in [0.717, 1.165) is 11.3 Å². The topological polar surface area (TPSA) is 57.6 Å². The maximum absolute atomic E-state index is 11.5. The molecule has 0 saturated carbocycles. The highest BCUT2D eigenvalue weighted by molar-refractivity contribution is 7.90. The van der Waals surface area contributed by atoms with Crippen LogP contribution in [0.4, 0.5) is 5.69 Å². The Balaban J connectivity index is 2.20. The van der Waals surface area contributed by atoms with Crippen molar-refractivity contribution in [3.05, 3.63) is 60.2 Å². The second-order valence-corrected chi connectivity index (χ2v) is 7.71.